The zero-order chi connectivity index (χ0) is 15.0. The van der Waals surface area contributed by atoms with Crippen LogP contribution in [0.5, 0.6) is 5.75 Å². The lowest BCUT2D eigenvalue weighted by Gasteiger charge is -2.17. The van der Waals surface area contributed by atoms with Gasteiger partial charge in [0.25, 0.3) is 11.7 Å². The Labute approximate surface area is 126 Å². The highest BCUT2D eigenvalue weighted by Crippen LogP contribution is 2.31. The van der Waals surface area contributed by atoms with Crippen LogP contribution >= 0.6 is 11.6 Å². The van der Waals surface area contributed by atoms with Gasteiger partial charge in [-0.05, 0) is 29.8 Å². The number of ether oxygens (including phenoxy) is 1. The molecule has 0 radical (unpaired) electrons. The van der Waals surface area contributed by atoms with Crippen LogP contribution in [0, 0.1) is 0 Å². The third-order valence-corrected chi connectivity index (χ3v) is 3.73. The lowest BCUT2D eigenvalue weighted by atomic mass is 10.1. The number of para-hydroxylation sites is 1. The van der Waals surface area contributed by atoms with E-state index in [0.717, 1.165) is 5.56 Å². The van der Waals surface area contributed by atoms with Gasteiger partial charge in [-0.3, -0.25) is 9.59 Å². The Hall–Kier alpha value is -2.33. The van der Waals surface area contributed by atoms with Gasteiger partial charge in [0.1, 0.15) is 5.75 Å². The molecule has 1 amide bonds. The van der Waals surface area contributed by atoms with Crippen LogP contribution in [0.4, 0.5) is 5.69 Å². The Balaban J connectivity index is 1.93. The number of fused-ring (bicyclic) bond motifs is 1. The molecular weight excluding hydrogens is 290 g/mol. The van der Waals surface area contributed by atoms with Gasteiger partial charge >= 0.3 is 0 Å². The Morgan fingerprint density at radius 1 is 1.14 bits per heavy atom. The minimum atomic E-state index is -0.511. The number of anilines is 1. The first kappa shape index (κ1) is 13.6. The molecule has 5 heteroatoms. The number of benzene rings is 2. The second-order valence-electron chi connectivity index (χ2n) is 4.71. The first-order chi connectivity index (χ1) is 10.1. The Kier molecular flexibility index (Phi) is 3.39. The van der Waals surface area contributed by atoms with E-state index in [4.69, 9.17) is 16.3 Å². The van der Waals surface area contributed by atoms with Gasteiger partial charge in [0.05, 0.1) is 29.9 Å². The topological polar surface area (TPSA) is 46.6 Å². The number of ketones is 1. The number of carbonyl (C=O) groups is 2. The molecule has 0 saturated carbocycles. The highest BCUT2D eigenvalue weighted by atomic mass is 35.5. The van der Waals surface area contributed by atoms with Crippen molar-refractivity contribution in [1.29, 1.82) is 0 Å². The maximum absolute atomic E-state index is 12.1. The van der Waals surface area contributed by atoms with Gasteiger partial charge in [0, 0.05) is 0 Å². The zero-order valence-corrected chi connectivity index (χ0v) is 12.1. The fourth-order valence-corrected chi connectivity index (χ4v) is 2.68. The molecule has 106 valence electrons. The quantitative estimate of drug-likeness (QED) is 0.819. The summed E-state index contributed by atoms with van der Waals surface area (Å²) in [5.74, 6) is -0.405. The van der Waals surface area contributed by atoms with Gasteiger partial charge in [-0.25, -0.2) is 0 Å². The van der Waals surface area contributed by atoms with E-state index in [2.05, 4.69) is 0 Å². The zero-order valence-electron chi connectivity index (χ0n) is 11.3. The van der Waals surface area contributed by atoms with E-state index >= 15 is 0 Å². The monoisotopic (exact) mass is 301 g/mol. The van der Waals surface area contributed by atoms with E-state index < -0.39 is 11.7 Å². The lowest BCUT2D eigenvalue weighted by Crippen LogP contribution is -2.29. The lowest BCUT2D eigenvalue weighted by molar-refractivity contribution is -0.114. The number of halogens is 1. The number of carbonyl (C=O) groups excluding carboxylic acids is 2. The van der Waals surface area contributed by atoms with Crippen LogP contribution in [0.3, 0.4) is 0 Å². The second-order valence-corrected chi connectivity index (χ2v) is 5.11. The largest absolute Gasteiger partial charge is 0.495 e. The molecule has 0 bridgehead atoms. The van der Waals surface area contributed by atoms with Crippen LogP contribution in [-0.2, 0) is 11.3 Å². The number of methoxy groups -OCH3 is 1. The van der Waals surface area contributed by atoms with E-state index in [-0.39, 0.29) is 0 Å². The van der Waals surface area contributed by atoms with E-state index in [1.165, 1.54) is 4.90 Å². The van der Waals surface area contributed by atoms with Gasteiger partial charge in [-0.1, -0.05) is 29.8 Å². The summed E-state index contributed by atoms with van der Waals surface area (Å²) in [7, 11) is 1.54. The maximum Gasteiger partial charge on any atom is 0.299 e. The molecule has 0 atom stereocenters. The molecule has 0 N–H and O–H groups in total. The third-order valence-electron chi connectivity index (χ3n) is 3.44. The molecule has 0 aliphatic carbocycles. The molecule has 1 aliphatic rings. The van der Waals surface area contributed by atoms with Crippen molar-refractivity contribution in [2.75, 3.05) is 12.0 Å². The number of Topliss-reactive ketones (excluding diaryl/α,β-unsaturated/α-hetero) is 1. The summed E-state index contributed by atoms with van der Waals surface area (Å²) in [5, 5.41) is 0.473. The summed E-state index contributed by atoms with van der Waals surface area (Å²) < 4.78 is 5.10. The van der Waals surface area contributed by atoms with Crippen molar-refractivity contribution in [3.05, 3.63) is 58.6 Å². The maximum atomic E-state index is 12.1. The average Bonchev–Trinajstić information content (AvgIpc) is 2.73. The standard InChI is InChI=1S/C16H12ClNO3/c1-21-14-7-6-10(8-12(14)17)9-18-13-5-3-2-4-11(13)15(19)16(18)20/h2-8H,9H2,1H3. The molecule has 1 heterocycles. The van der Waals surface area contributed by atoms with Crippen molar-refractivity contribution < 1.29 is 14.3 Å². The molecule has 21 heavy (non-hydrogen) atoms. The van der Waals surface area contributed by atoms with Crippen molar-refractivity contribution in [3.63, 3.8) is 0 Å². The molecule has 2 aromatic rings. The highest BCUT2D eigenvalue weighted by molar-refractivity contribution is 6.52. The van der Waals surface area contributed by atoms with Gasteiger partial charge < -0.3 is 9.64 Å². The molecule has 0 fully saturated rings. The van der Waals surface area contributed by atoms with Crippen LogP contribution in [0.2, 0.25) is 5.02 Å². The second kappa shape index (κ2) is 5.22. The van der Waals surface area contributed by atoms with Crippen molar-refractivity contribution in [2.24, 2.45) is 0 Å². The van der Waals surface area contributed by atoms with E-state index in [0.29, 0.717) is 28.6 Å². The van der Waals surface area contributed by atoms with Crippen molar-refractivity contribution >= 4 is 29.0 Å². The molecular formula is C16H12ClNO3. The van der Waals surface area contributed by atoms with Crippen LogP contribution in [0.15, 0.2) is 42.5 Å². The van der Waals surface area contributed by atoms with Crippen molar-refractivity contribution in [1.82, 2.24) is 0 Å². The molecule has 0 aromatic heterocycles. The SMILES string of the molecule is COc1ccc(CN2C(=O)C(=O)c3ccccc32)cc1Cl. The van der Waals surface area contributed by atoms with Gasteiger partial charge in [-0.15, -0.1) is 0 Å². The Bertz CT molecular complexity index is 742. The normalized spacial score (nSPS) is 13.5. The highest BCUT2D eigenvalue weighted by Gasteiger charge is 2.35. The number of hydrogen-bond acceptors (Lipinski definition) is 3. The van der Waals surface area contributed by atoms with E-state index in [1.807, 2.05) is 6.07 Å². The molecule has 2 aromatic carbocycles. The Morgan fingerprint density at radius 3 is 2.62 bits per heavy atom. The first-order valence-electron chi connectivity index (χ1n) is 6.39. The van der Waals surface area contributed by atoms with Gasteiger partial charge in [0.15, 0.2) is 0 Å². The summed E-state index contributed by atoms with van der Waals surface area (Å²) in [6, 6.07) is 12.3. The van der Waals surface area contributed by atoms with Crippen LogP contribution < -0.4 is 9.64 Å². The molecule has 4 nitrogen and oxygen atoms in total. The van der Waals surface area contributed by atoms with Crippen LogP contribution in [0.1, 0.15) is 15.9 Å². The molecule has 0 unspecified atom stereocenters. The summed E-state index contributed by atoms with van der Waals surface area (Å²) in [4.78, 5) is 25.5. The number of hydrogen-bond donors (Lipinski definition) is 0. The molecule has 0 spiro atoms. The fourth-order valence-electron chi connectivity index (χ4n) is 2.40. The summed E-state index contributed by atoms with van der Waals surface area (Å²) in [5.41, 5.74) is 1.92. The van der Waals surface area contributed by atoms with Crippen LogP contribution in [-0.4, -0.2) is 18.8 Å². The molecule has 3 rings (SSSR count). The van der Waals surface area contributed by atoms with Crippen molar-refractivity contribution in [3.8, 4) is 5.75 Å². The Morgan fingerprint density at radius 2 is 1.90 bits per heavy atom. The summed E-state index contributed by atoms with van der Waals surface area (Å²) >= 11 is 6.08. The van der Waals surface area contributed by atoms with E-state index in [9.17, 15) is 9.59 Å². The van der Waals surface area contributed by atoms with Gasteiger partial charge in [0.2, 0.25) is 0 Å². The number of rotatable bonds is 3. The minimum Gasteiger partial charge on any atom is -0.495 e. The number of amides is 1. The average molecular weight is 302 g/mol. The summed E-state index contributed by atoms with van der Waals surface area (Å²) in [6.07, 6.45) is 0. The van der Waals surface area contributed by atoms with Gasteiger partial charge in [-0.2, -0.15) is 0 Å². The first-order valence-corrected chi connectivity index (χ1v) is 6.77. The van der Waals surface area contributed by atoms with Crippen molar-refractivity contribution in [2.45, 2.75) is 6.54 Å². The summed E-state index contributed by atoms with van der Waals surface area (Å²) in [6.45, 7) is 0.297. The molecule has 0 saturated heterocycles. The van der Waals surface area contributed by atoms with E-state index in [1.54, 1.807) is 43.5 Å². The predicted octanol–water partition coefficient (Wildman–Crippen LogP) is 3.08. The number of nitrogens with zero attached hydrogens (tertiary/aromatic N) is 1. The minimum absolute atomic E-state index is 0.297. The predicted molar refractivity (Wildman–Crippen MR) is 80.0 cm³/mol. The smallest absolute Gasteiger partial charge is 0.299 e. The fraction of sp³-hybridized carbons (Fsp3) is 0.125. The third kappa shape index (κ3) is 2.28. The van der Waals surface area contributed by atoms with Crippen LogP contribution in [0.25, 0.3) is 0 Å². The molecule has 1 aliphatic heterocycles.